The summed E-state index contributed by atoms with van der Waals surface area (Å²) in [5.41, 5.74) is 1.46. The van der Waals surface area contributed by atoms with Crippen LogP contribution >= 0.6 is 0 Å². The van der Waals surface area contributed by atoms with Gasteiger partial charge in [-0.1, -0.05) is 109 Å². The zero-order valence-electron chi connectivity index (χ0n) is 22.1. The quantitative estimate of drug-likeness (QED) is 0.177. The SMILES string of the molecule is CCCCCCCCCCCC[N+](C)(C)CC.CCCCCCc1ccc(C(=O)[O-])cc1. The van der Waals surface area contributed by atoms with E-state index in [1.165, 1.54) is 113 Å². The van der Waals surface area contributed by atoms with Crippen LogP contribution in [0.15, 0.2) is 24.3 Å². The van der Waals surface area contributed by atoms with Crippen LogP contribution in [0.1, 0.15) is 127 Å². The molecule has 0 aliphatic carbocycles. The molecule has 0 aliphatic rings. The molecule has 0 N–H and O–H groups in total. The number of carbonyl (C=O) groups is 1. The average molecular weight is 448 g/mol. The zero-order chi connectivity index (χ0) is 24.1. The molecule has 0 amide bonds. The Labute approximate surface area is 200 Å². The van der Waals surface area contributed by atoms with Crippen molar-refractivity contribution in [2.75, 3.05) is 27.2 Å². The highest BCUT2D eigenvalue weighted by Crippen LogP contribution is 2.12. The fourth-order valence-electron chi connectivity index (χ4n) is 3.75. The number of aryl methyl sites for hydroxylation is 1. The lowest BCUT2D eigenvalue weighted by molar-refractivity contribution is -0.888. The van der Waals surface area contributed by atoms with Crippen molar-refractivity contribution in [2.24, 2.45) is 0 Å². The van der Waals surface area contributed by atoms with Gasteiger partial charge >= 0.3 is 0 Å². The number of benzene rings is 1. The molecule has 1 aromatic carbocycles. The van der Waals surface area contributed by atoms with Gasteiger partial charge in [0.1, 0.15) is 0 Å². The zero-order valence-corrected chi connectivity index (χ0v) is 22.1. The summed E-state index contributed by atoms with van der Waals surface area (Å²) in [6.45, 7) is 9.38. The van der Waals surface area contributed by atoms with Gasteiger partial charge in [0, 0.05) is 0 Å². The van der Waals surface area contributed by atoms with E-state index in [9.17, 15) is 9.90 Å². The van der Waals surface area contributed by atoms with Gasteiger partial charge < -0.3 is 14.4 Å². The maximum Gasteiger partial charge on any atom is 0.0782 e. The van der Waals surface area contributed by atoms with Gasteiger partial charge in [-0.3, -0.25) is 0 Å². The number of carbonyl (C=O) groups excluding carboxylic acids is 1. The second kappa shape index (κ2) is 20.3. The van der Waals surface area contributed by atoms with Crippen molar-refractivity contribution in [1.82, 2.24) is 0 Å². The van der Waals surface area contributed by atoms with Crippen LogP contribution in [0.3, 0.4) is 0 Å². The molecule has 186 valence electrons. The van der Waals surface area contributed by atoms with E-state index in [0.29, 0.717) is 0 Å². The number of quaternary nitrogens is 1. The van der Waals surface area contributed by atoms with Crippen molar-refractivity contribution in [2.45, 2.75) is 117 Å². The Morgan fingerprint density at radius 1 is 0.688 bits per heavy atom. The molecule has 1 aromatic rings. The van der Waals surface area contributed by atoms with E-state index < -0.39 is 5.97 Å². The summed E-state index contributed by atoms with van der Waals surface area (Å²) >= 11 is 0. The van der Waals surface area contributed by atoms with Gasteiger partial charge in [0.25, 0.3) is 0 Å². The molecular weight excluding hydrogens is 394 g/mol. The van der Waals surface area contributed by atoms with E-state index in [0.717, 1.165) is 6.42 Å². The number of carboxylic acid groups (broad SMARTS) is 1. The second-order valence-electron chi connectivity index (χ2n) is 9.95. The molecule has 3 heteroatoms. The number of unbranched alkanes of at least 4 members (excludes halogenated alkanes) is 12. The Morgan fingerprint density at radius 2 is 1.12 bits per heavy atom. The summed E-state index contributed by atoms with van der Waals surface area (Å²) in [6, 6.07) is 6.98. The highest BCUT2D eigenvalue weighted by Gasteiger charge is 2.09. The molecule has 0 aliphatic heterocycles. The lowest BCUT2D eigenvalue weighted by atomic mass is 10.0. The molecule has 0 aromatic heterocycles. The summed E-state index contributed by atoms with van der Waals surface area (Å²) in [7, 11) is 4.68. The van der Waals surface area contributed by atoms with Gasteiger partial charge in [0.15, 0.2) is 0 Å². The van der Waals surface area contributed by atoms with Crippen LogP contribution in [-0.2, 0) is 6.42 Å². The second-order valence-corrected chi connectivity index (χ2v) is 9.95. The van der Waals surface area contributed by atoms with Gasteiger partial charge in [0.2, 0.25) is 0 Å². The molecule has 0 heterocycles. The molecule has 0 saturated heterocycles. The molecule has 0 saturated carbocycles. The monoisotopic (exact) mass is 447 g/mol. The number of rotatable bonds is 18. The topological polar surface area (TPSA) is 40.1 Å². The Balaban J connectivity index is 0.000000604. The van der Waals surface area contributed by atoms with E-state index >= 15 is 0 Å². The van der Waals surface area contributed by atoms with Gasteiger partial charge in [0.05, 0.1) is 33.2 Å². The number of hydrogen-bond donors (Lipinski definition) is 0. The van der Waals surface area contributed by atoms with E-state index in [2.05, 4.69) is 34.9 Å². The lowest BCUT2D eigenvalue weighted by Gasteiger charge is -2.28. The van der Waals surface area contributed by atoms with Crippen LogP contribution in [0.2, 0.25) is 0 Å². The largest absolute Gasteiger partial charge is 0.545 e. The van der Waals surface area contributed by atoms with Crippen LogP contribution in [0.25, 0.3) is 0 Å². The molecule has 0 bridgehead atoms. The minimum absolute atomic E-state index is 0.257. The van der Waals surface area contributed by atoms with Crippen LogP contribution < -0.4 is 5.11 Å². The summed E-state index contributed by atoms with van der Waals surface area (Å²) in [5, 5.41) is 10.5. The normalized spacial score (nSPS) is 11.2. The molecule has 0 fully saturated rings. The smallest absolute Gasteiger partial charge is 0.0782 e. The summed E-state index contributed by atoms with van der Waals surface area (Å²) in [4.78, 5) is 10.5. The predicted molar refractivity (Wildman–Crippen MR) is 138 cm³/mol. The van der Waals surface area contributed by atoms with E-state index in [4.69, 9.17) is 0 Å². The Bertz CT molecular complexity index is 551. The van der Waals surface area contributed by atoms with E-state index in [-0.39, 0.29) is 5.56 Å². The third-order valence-corrected chi connectivity index (χ3v) is 6.48. The first-order valence-corrected chi connectivity index (χ1v) is 13.5. The highest BCUT2D eigenvalue weighted by atomic mass is 16.4. The first-order chi connectivity index (χ1) is 15.4. The first kappa shape index (κ1) is 30.6. The third kappa shape index (κ3) is 18.2. The van der Waals surface area contributed by atoms with Crippen molar-refractivity contribution >= 4 is 5.97 Å². The number of nitrogens with zero attached hydrogens (tertiary/aromatic N) is 1. The Morgan fingerprint density at radius 3 is 1.56 bits per heavy atom. The first-order valence-electron chi connectivity index (χ1n) is 13.5. The van der Waals surface area contributed by atoms with Gasteiger partial charge in [-0.25, -0.2) is 0 Å². The minimum Gasteiger partial charge on any atom is -0.545 e. The van der Waals surface area contributed by atoms with Gasteiger partial charge in [-0.15, -0.1) is 0 Å². The third-order valence-electron chi connectivity index (χ3n) is 6.48. The number of aromatic carboxylic acids is 1. The standard InChI is InChI=1S/C16H36N.C13H18O2/c1-5-7-8-9-10-11-12-13-14-15-16-17(3,4)6-2;1-2-3-4-5-6-11-7-9-12(10-8-11)13(14)15/h5-16H2,1-4H3;7-10H,2-6H2,1H3,(H,14,15)/q+1;/p-1. The average Bonchev–Trinajstić information content (AvgIpc) is 2.79. The Hall–Kier alpha value is -1.35. The van der Waals surface area contributed by atoms with Crippen molar-refractivity contribution in [3.63, 3.8) is 0 Å². The van der Waals surface area contributed by atoms with Crippen molar-refractivity contribution in [3.05, 3.63) is 35.4 Å². The van der Waals surface area contributed by atoms with Crippen molar-refractivity contribution < 1.29 is 14.4 Å². The fourth-order valence-corrected chi connectivity index (χ4v) is 3.75. The van der Waals surface area contributed by atoms with Crippen molar-refractivity contribution in [1.29, 1.82) is 0 Å². The number of carboxylic acids is 1. The van der Waals surface area contributed by atoms with Crippen LogP contribution in [0.4, 0.5) is 0 Å². The molecule has 0 spiro atoms. The number of hydrogen-bond acceptors (Lipinski definition) is 2. The predicted octanol–water partition coefficient (Wildman–Crippen LogP) is 7.18. The molecule has 32 heavy (non-hydrogen) atoms. The maximum atomic E-state index is 10.5. The summed E-state index contributed by atoms with van der Waals surface area (Å²) in [5.74, 6) is -1.10. The highest BCUT2D eigenvalue weighted by molar-refractivity contribution is 5.85. The fraction of sp³-hybridized carbons (Fsp3) is 0.759. The lowest BCUT2D eigenvalue weighted by Crippen LogP contribution is -2.39. The molecular formula is C29H53NO2. The maximum absolute atomic E-state index is 10.5. The van der Waals surface area contributed by atoms with Gasteiger partial charge in [-0.2, -0.15) is 0 Å². The van der Waals surface area contributed by atoms with Crippen LogP contribution in [-0.4, -0.2) is 37.6 Å². The summed E-state index contributed by atoms with van der Waals surface area (Å²) in [6.07, 6.45) is 20.4. The van der Waals surface area contributed by atoms with Gasteiger partial charge in [-0.05, 0) is 43.7 Å². The van der Waals surface area contributed by atoms with E-state index in [1.807, 2.05) is 12.1 Å². The van der Waals surface area contributed by atoms with E-state index in [1.54, 1.807) is 12.1 Å². The molecule has 0 radical (unpaired) electrons. The van der Waals surface area contributed by atoms with Crippen LogP contribution in [0, 0.1) is 0 Å². The molecule has 3 nitrogen and oxygen atoms in total. The summed E-state index contributed by atoms with van der Waals surface area (Å²) < 4.78 is 1.19. The minimum atomic E-state index is -1.10. The van der Waals surface area contributed by atoms with Crippen molar-refractivity contribution in [3.8, 4) is 0 Å². The molecule has 0 unspecified atom stereocenters. The molecule has 0 atom stereocenters. The Kier molecular flexibility index (Phi) is 19.4. The van der Waals surface area contributed by atoms with Crippen LogP contribution in [0.5, 0.6) is 0 Å². The molecule has 1 rings (SSSR count).